The summed E-state index contributed by atoms with van der Waals surface area (Å²) >= 11 is 0. The Morgan fingerprint density at radius 3 is 2.65 bits per heavy atom. The van der Waals surface area contributed by atoms with Crippen molar-refractivity contribution in [3.05, 3.63) is 47.8 Å². The van der Waals surface area contributed by atoms with Crippen LogP contribution in [0.1, 0.15) is 35.8 Å². The maximum atomic E-state index is 12.5. The minimum absolute atomic E-state index is 0.153. The fourth-order valence-electron chi connectivity index (χ4n) is 1.84. The van der Waals surface area contributed by atoms with E-state index >= 15 is 0 Å². The Labute approximate surface area is 118 Å². The number of amides is 1. The fraction of sp³-hybridized carbons (Fsp3) is 0.267. The predicted molar refractivity (Wildman–Crippen MR) is 79.7 cm³/mol. The van der Waals surface area contributed by atoms with Crippen LogP contribution in [0.3, 0.4) is 0 Å². The summed E-state index contributed by atoms with van der Waals surface area (Å²) in [6.45, 7) is 4.02. The summed E-state index contributed by atoms with van der Waals surface area (Å²) < 4.78 is 0. The van der Waals surface area contributed by atoms with Crippen LogP contribution in [0.15, 0.2) is 36.5 Å². The van der Waals surface area contributed by atoms with Crippen LogP contribution in [0.4, 0.5) is 11.6 Å². The van der Waals surface area contributed by atoms with Crippen LogP contribution in [0.2, 0.25) is 0 Å². The molecule has 2 N–H and O–H groups in total. The van der Waals surface area contributed by atoms with E-state index in [-0.39, 0.29) is 11.8 Å². The summed E-state index contributed by atoms with van der Waals surface area (Å²) in [4.78, 5) is 22.4. The average Bonchev–Trinajstić information content (AvgIpc) is 2.46. The first-order valence-electron chi connectivity index (χ1n) is 6.45. The molecule has 0 saturated carbocycles. The highest BCUT2D eigenvalue weighted by molar-refractivity contribution is 6.05. The van der Waals surface area contributed by atoms with Gasteiger partial charge in [0.15, 0.2) is 0 Å². The van der Waals surface area contributed by atoms with E-state index < -0.39 is 0 Å². The highest BCUT2D eigenvalue weighted by Gasteiger charge is 2.16. The van der Waals surface area contributed by atoms with E-state index in [0.29, 0.717) is 17.2 Å². The number of carbonyl (C=O) groups excluding carboxylic acids is 1. The molecule has 0 fully saturated rings. The number of rotatable bonds is 3. The summed E-state index contributed by atoms with van der Waals surface area (Å²) in [6, 6.07) is 8.80. The maximum absolute atomic E-state index is 12.5. The lowest BCUT2D eigenvalue weighted by atomic mass is 10.1. The van der Waals surface area contributed by atoms with E-state index in [4.69, 9.17) is 5.73 Å². The quantitative estimate of drug-likeness (QED) is 0.929. The lowest BCUT2D eigenvalue weighted by Gasteiger charge is -2.17. The minimum Gasteiger partial charge on any atom is -0.384 e. The number of carbonyl (C=O) groups is 1. The number of nitrogen functional groups attached to an aromatic ring is 1. The molecule has 1 amide bonds. The van der Waals surface area contributed by atoms with Gasteiger partial charge in [-0.2, -0.15) is 0 Å². The molecule has 0 aromatic carbocycles. The number of hydrogen-bond acceptors (Lipinski definition) is 4. The van der Waals surface area contributed by atoms with E-state index in [1.165, 1.54) is 4.90 Å². The zero-order valence-electron chi connectivity index (χ0n) is 11.9. The molecule has 2 rings (SSSR count). The summed E-state index contributed by atoms with van der Waals surface area (Å²) in [7, 11) is 1.69. The number of nitrogens with zero attached hydrogens (tertiary/aromatic N) is 3. The molecule has 0 bridgehead atoms. The van der Waals surface area contributed by atoms with Gasteiger partial charge in [0.1, 0.15) is 11.6 Å². The zero-order chi connectivity index (χ0) is 14.7. The molecule has 0 aliphatic carbocycles. The Hall–Kier alpha value is -2.43. The summed E-state index contributed by atoms with van der Waals surface area (Å²) in [5, 5.41) is 0. The van der Waals surface area contributed by atoms with Gasteiger partial charge in [0.2, 0.25) is 0 Å². The Morgan fingerprint density at radius 1 is 1.30 bits per heavy atom. The number of aromatic nitrogens is 2. The van der Waals surface area contributed by atoms with Crippen molar-refractivity contribution < 1.29 is 4.79 Å². The van der Waals surface area contributed by atoms with Crippen molar-refractivity contribution in [2.24, 2.45) is 0 Å². The molecule has 0 unspecified atom stereocenters. The Morgan fingerprint density at radius 2 is 2.05 bits per heavy atom. The third kappa shape index (κ3) is 2.93. The van der Waals surface area contributed by atoms with Gasteiger partial charge in [-0.1, -0.05) is 19.9 Å². The van der Waals surface area contributed by atoms with Gasteiger partial charge in [-0.3, -0.25) is 9.69 Å². The van der Waals surface area contributed by atoms with Crippen molar-refractivity contribution in [1.82, 2.24) is 9.97 Å². The second-order valence-corrected chi connectivity index (χ2v) is 4.91. The first-order valence-corrected chi connectivity index (χ1v) is 6.45. The molecular formula is C15H18N4O. The van der Waals surface area contributed by atoms with Crippen LogP contribution in [0, 0.1) is 0 Å². The van der Waals surface area contributed by atoms with Crippen LogP contribution in [-0.2, 0) is 0 Å². The van der Waals surface area contributed by atoms with Gasteiger partial charge in [0.25, 0.3) is 5.91 Å². The van der Waals surface area contributed by atoms with Gasteiger partial charge >= 0.3 is 0 Å². The Kier molecular flexibility index (Phi) is 3.98. The molecule has 0 radical (unpaired) electrons. The van der Waals surface area contributed by atoms with E-state index in [1.807, 2.05) is 26.0 Å². The zero-order valence-corrected chi connectivity index (χ0v) is 11.9. The Bertz CT molecular complexity index is 611. The first kappa shape index (κ1) is 14.0. The molecule has 104 valence electrons. The smallest absolute Gasteiger partial charge is 0.259 e. The van der Waals surface area contributed by atoms with Gasteiger partial charge in [-0.05, 0) is 30.2 Å². The number of anilines is 2. The molecule has 2 heterocycles. The van der Waals surface area contributed by atoms with Gasteiger partial charge < -0.3 is 5.73 Å². The predicted octanol–water partition coefficient (Wildman–Crippen LogP) is 2.46. The first-order chi connectivity index (χ1) is 9.49. The van der Waals surface area contributed by atoms with E-state index in [1.54, 1.807) is 31.4 Å². The van der Waals surface area contributed by atoms with E-state index in [9.17, 15) is 4.79 Å². The highest BCUT2D eigenvalue weighted by atomic mass is 16.2. The van der Waals surface area contributed by atoms with Crippen LogP contribution < -0.4 is 10.6 Å². The van der Waals surface area contributed by atoms with Crippen LogP contribution in [0.25, 0.3) is 0 Å². The largest absolute Gasteiger partial charge is 0.384 e. The van der Waals surface area contributed by atoms with Gasteiger partial charge in [-0.15, -0.1) is 0 Å². The van der Waals surface area contributed by atoms with Gasteiger partial charge in [0, 0.05) is 24.5 Å². The van der Waals surface area contributed by atoms with Crippen LogP contribution >= 0.6 is 0 Å². The van der Waals surface area contributed by atoms with Crippen molar-refractivity contribution in [1.29, 1.82) is 0 Å². The van der Waals surface area contributed by atoms with Crippen LogP contribution in [0.5, 0.6) is 0 Å². The lowest BCUT2D eigenvalue weighted by Crippen LogP contribution is -2.27. The van der Waals surface area contributed by atoms with E-state index in [0.717, 1.165) is 5.69 Å². The topological polar surface area (TPSA) is 72.1 Å². The third-order valence-electron chi connectivity index (χ3n) is 3.00. The molecule has 0 saturated heterocycles. The number of pyridine rings is 2. The van der Waals surface area contributed by atoms with Gasteiger partial charge in [0.05, 0.1) is 0 Å². The number of hydrogen-bond donors (Lipinski definition) is 1. The molecule has 5 nitrogen and oxygen atoms in total. The summed E-state index contributed by atoms with van der Waals surface area (Å²) in [5.74, 6) is 1.01. The summed E-state index contributed by atoms with van der Waals surface area (Å²) in [5.41, 5.74) is 7.11. The van der Waals surface area contributed by atoms with Crippen molar-refractivity contribution >= 4 is 17.5 Å². The Balaban J connectivity index is 2.34. The van der Waals surface area contributed by atoms with Crippen molar-refractivity contribution in [3.63, 3.8) is 0 Å². The van der Waals surface area contributed by atoms with Crippen molar-refractivity contribution in [2.45, 2.75) is 19.8 Å². The molecule has 2 aromatic rings. The summed E-state index contributed by atoms with van der Waals surface area (Å²) in [6.07, 6.45) is 1.65. The standard InChI is InChI=1S/C15H18N4O/c1-10(2)12-8-11(9-13(16)18-12)15(20)19(3)14-6-4-5-7-17-14/h4-10H,1-3H3,(H2,16,18). The second kappa shape index (κ2) is 5.69. The lowest BCUT2D eigenvalue weighted by molar-refractivity contribution is 0.0992. The highest BCUT2D eigenvalue weighted by Crippen LogP contribution is 2.18. The third-order valence-corrected chi connectivity index (χ3v) is 3.00. The molecular weight excluding hydrogens is 252 g/mol. The molecule has 20 heavy (non-hydrogen) atoms. The van der Waals surface area contributed by atoms with Crippen molar-refractivity contribution in [2.75, 3.05) is 17.7 Å². The van der Waals surface area contributed by atoms with Crippen molar-refractivity contribution in [3.8, 4) is 0 Å². The van der Waals surface area contributed by atoms with E-state index in [2.05, 4.69) is 9.97 Å². The second-order valence-electron chi connectivity index (χ2n) is 4.91. The molecule has 0 aliphatic heterocycles. The molecule has 5 heteroatoms. The fourth-order valence-corrected chi connectivity index (χ4v) is 1.84. The molecule has 0 spiro atoms. The monoisotopic (exact) mass is 270 g/mol. The maximum Gasteiger partial charge on any atom is 0.259 e. The van der Waals surface area contributed by atoms with Crippen LogP contribution in [-0.4, -0.2) is 22.9 Å². The minimum atomic E-state index is -0.153. The molecule has 0 aliphatic rings. The normalized spacial score (nSPS) is 10.6. The van der Waals surface area contributed by atoms with Gasteiger partial charge in [-0.25, -0.2) is 9.97 Å². The average molecular weight is 270 g/mol. The SMILES string of the molecule is CC(C)c1cc(C(=O)N(C)c2ccccn2)cc(N)n1. The number of nitrogens with two attached hydrogens (primary N) is 1. The molecule has 0 atom stereocenters. The molecule has 2 aromatic heterocycles.